The number of hydrogen-bond donors (Lipinski definition) is 4. The molecular weight excluding hydrogens is 372 g/mol. The summed E-state index contributed by atoms with van der Waals surface area (Å²) in [6, 6.07) is -0.511. The minimum atomic E-state index is -1.20. The highest BCUT2D eigenvalue weighted by atomic mass is 16.5. The predicted molar refractivity (Wildman–Crippen MR) is 109 cm³/mol. The van der Waals surface area contributed by atoms with Gasteiger partial charge in [0.05, 0.1) is 11.6 Å². The standard InChI is InChI=1S/C21H36N4O4/c1-12(2)18-23-20(29-25-18)17(21(4,5)6)22-19(27)15(16(26)13(3)24-28)11-14-9-7-8-10-14/h12,14-17,24,26,28H,3,7-11H2,1-2,4-6H3,(H,22,27)/t15-,16-,17-/m1/s1. The monoisotopic (exact) mass is 408 g/mol. The van der Waals surface area contributed by atoms with Gasteiger partial charge in [-0.15, -0.1) is 0 Å². The zero-order chi connectivity index (χ0) is 21.8. The third kappa shape index (κ3) is 6.02. The van der Waals surface area contributed by atoms with E-state index in [1.54, 1.807) is 0 Å². The average molecular weight is 409 g/mol. The summed E-state index contributed by atoms with van der Waals surface area (Å²) in [7, 11) is 0. The van der Waals surface area contributed by atoms with Crippen molar-refractivity contribution in [3.05, 3.63) is 24.0 Å². The molecule has 1 aromatic rings. The van der Waals surface area contributed by atoms with Crippen molar-refractivity contribution in [2.45, 2.75) is 84.8 Å². The van der Waals surface area contributed by atoms with Gasteiger partial charge in [0.15, 0.2) is 5.82 Å². The second-order valence-electron chi connectivity index (χ2n) is 9.53. The molecule has 29 heavy (non-hydrogen) atoms. The average Bonchev–Trinajstić information content (AvgIpc) is 3.33. The van der Waals surface area contributed by atoms with Gasteiger partial charge in [0, 0.05) is 5.92 Å². The minimum Gasteiger partial charge on any atom is -0.386 e. The van der Waals surface area contributed by atoms with E-state index in [1.165, 1.54) is 0 Å². The van der Waals surface area contributed by atoms with Crippen molar-refractivity contribution < 1.29 is 19.6 Å². The molecule has 1 aromatic heterocycles. The molecule has 164 valence electrons. The number of rotatable bonds is 9. The van der Waals surface area contributed by atoms with Gasteiger partial charge >= 0.3 is 0 Å². The second-order valence-corrected chi connectivity index (χ2v) is 9.53. The highest BCUT2D eigenvalue weighted by Gasteiger charge is 2.38. The Morgan fingerprint density at radius 1 is 1.31 bits per heavy atom. The smallest absolute Gasteiger partial charge is 0.249 e. The van der Waals surface area contributed by atoms with Crippen molar-refractivity contribution in [1.82, 2.24) is 20.9 Å². The molecule has 1 heterocycles. The molecule has 0 spiro atoms. The first kappa shape index (κ1) is 23.3. The molecular formula is C21H36N4O4. The first-order valence-corrected chi connectivity index (χ1v) is 10.5. The number of hydroxylamine groups is 1. The Morgan fingerprint density at radius 3 is 2.41 bits per heavy atom. The Bertz CT molecular complexity index is 689. The SMILES string of the molecule is C=C(NO)[C@@H](O)[C@@H](CC1CCCC1)C(=O)N[C@H](c1nc(C(C)C)no1)C(C)(C)C. The van der Waals surface area contributed by atoms with Crippen LogP contribution in [0.25, 0.3) is 0 Å². The molecule has 1 saturated carbocycles. The number of nitrogens with zero attached hydrogens (tertiary/aromatic N) is 2. The maximum atomic E-state index is 13.3. The van der Waals surface area contributed by atoms with Crippen LogP contribution in [-0.4, -0.2) is 32.5 Å². The number of carbonyl (C=O) groups is 1. The maximum absolute atomic E-state index is 13.3. The zero-order valence-corrected chi connectivity index (χ0v) is 18.2. The lowest BCUT2D eigenvalue weighted by Gasteiger charge is -2.32. The summed E-state index contributed by atoms with van der Waals surface area (Å²) in [5, 5.41) is 26.8. The van der Waals surface area contributed by atoms with Crippen LogP contribution in [0.2, 0.25) is 0 Å². The van der Waals surface area contributed by atoms with Gasteiger partial charge in [-0.2, -0.15) is 4.98 Å². The third-order valence-electron chi connectivity index (χ3n) is 5.65. The number of amides is 1. The van der Waals surface area contributed by atoms with Crippen LogP contribution in [0.15, 0.2) is 16.8 Å². The Hall–Kier alpha value is -1.93. The summed E-state index contributed by atoms with van der Waals surface area (Å²) >= 11 is 0. The van der Waals surface area contributed by atoms with Crippen LogP contribution in [0.4, 0.5) is 0 Å². The van der Waals surface area contributed by atoms with E-state index >= 15 is 0 Å². The van der Waals surface area contributed by atoms with Crippen LogP contribution in [0.3, 0.4) is 0 Å². The lowest BCUT2D eigenvalue weighted by molar-refractivity contribution is -0.130. The van der Waals surface area contributed by atoms with Crippen molar-refractivity contribution >= 4 is 5.91 Å². The van der Waals surface area contributed by atoms with Crippen LogP contribution < -0.4 is 10.8 Å². The molecule has 0 saturated heterocycles. The number of aliphatic hydroxyl groups is 1. The van der Waals surface area contributed by atoms with E-state index in [4.69, 9.17) is 9.73 Å². The Labute approximate surface area is 173 Å². The summed E-state index contributed by atoms with van der Waals surface area (Å²) in [5.74, 6) is 0.370. The van der Waals surface area contributed by atoms with Crippen LogP contribution in [-0.2, 0) is 4.79 Å². The summed E-state index contributed by atoms with van der Waals surface area (Å²) in [5.41, 5.74) is 1.52. The van der Waals surface area contributed by atoms with E-state index < -0.39 is 18.1 Å². The van der Waals surface area contributed by atoms with Crippen LogP contribution in [0, 0.1) is 17.3 Å². The molecule has 1 fully saturated rings. The maximum Gasteiger partial charge on any atom is 0.249 e. The van der Waals surface area contributed by atoms with Crippen molar-refractivity contribution in [1.29, 1.82) is 0 Å². The second kappa shape index (κ2) is 9.71. The largest absolute Gasteiger partial charge is 0.386 e. The first-order valence-electron chi connectivity index (χ1n) is 10.5. The summed E-state index contributed by atoms with van der Waals surface area (Å²) in [4.78, 5) is 17.7. The molecule has 3 atom stereocenters. The fraction of sp³-hybridized carbons (Fsp3) is 0.762. The quantitative estimate of drug-likeness (QED) is 0.462. The molecule has 8 nitrogen and oxygen atoms in total. The third-order valence-corrected chi connectivity index (χ3v) is 5.65. The summed E-state index contributed by atoms with van der Waals surface area (Å²) in [6.07, 6.45) is 3.69. The van der Waals surface area contributed by atoms with Gasteiger partial charge in [0.25, 0.3) is 0 Å². The number of aromatic nitrogens is 2. The fourth-order valence-corrected chi connectivity index (χ4v) is 3.79. The van der Waals surface area contributed by atoms with Gasteiger partial charge in [0.1, 0.15) is 12.1 Å². The van der Waals surface area contributed by atoms with Crippen molar-refractivity contribution in [3.8, 4) is 0 Å². The Balaban J connectivity index is 2.24. The fourth-order valence-electron chi connectivity index (χ4n) is 3.79. The molecule has 0 bridgehead atoms. The topological polar surface area (TPSA) is 121 Å². The van der Waals surface area contributed by atoms with Gasteiger partial charge in [-0.05, 0) is 17.8 Å². The predicted octanol–water partition coefficient (Wildman–Crippen LogP) is 3.45. The molecule has 0 aromatic carbocycles. The molecule has 0 radical (unpaired) electrons. The van der Waals surface area contributed by atoms with E-state index in [2.05, 4.69) is 22.0 Å². The lowest BCUT2D eigenvalue weighted by atomic mass is 9.84. The number of hydrogen-bond acceptors (Lipinski definition) is 7. The minimum absolute atomic E-state index is 0.00957. The summed E-state index contributed by atoms with van der Waals surface area (Å²) < 4.78 is 5.45. The van der Waals surface area contributed by atoms with Crippen LogP contribution >= 0.6 is 0 Å². The number of aliphatic hydroxyl groups excluding tert-OH is 1. The lowest BCUT2D eigenvalue weighted by Crippen LogP contribution is -2.45. The van der Waals surface area contributed by atoms with Gasteiger partial charge in [-0.25, -0.2) is 0 Å². The van der Waals surface area contributed by atoms with E-state index in [1.807, 2.05) is 40.1 Å². The van der Waals surface area contributed by atoms with Crippen molar-refractivity contribution in [3.63, 3.8) is 0 Å². The molecule has 1 aliphatic carbocycles. The molecule has 1 aliphatic rings. The van der Waals surface area contributed by atoms with Crippen LogP contribution in [0.1, 0.15) is 90.4 Å². The molecule has 8 heteroatoms. The van der Waals surface area contributed by atoms with E-state index in [-0.39, 0.29) is 22.9 Å². The van der Waals surface area contributed by atoms with E-state index in [0.717, 1.165) is 25.7 Å². The number of nitrogens with one attached hydrogen (secondary N) is 2. The van der Waals surface area contributed by atoms with Crippen LogP contribution in [0.5, 0.6) is 0 Å². The zero-order valence-electron chi connectivity index (χ0n) is 18.2. The molecule has 0 aliphatic heterocycles. The normalized spacial score (nSPS) is 18.5. The van der Waals surface area contributed by atoms with Crippen molar-refractivity contribution in [2.75, 3.05) is 0 Å². The first-order chi connectivity index (χ1) is 13.5. The summed E-state index contributed by atoms with van der Waals surface area (Å²) in [6.45, 7) is 13.5. The van der Waals surface area contributed by atoms with Gasteiger partial charge in [0.2, 0.25) is 11.8 Å². The van der Waals surface area contributed by atoms with E-state index in [0.29, 0.717) is 24.1 Å². The van der Waals surface area contributed by atoms with Crippen molar-refractivity contribution in [2.24, 2.45) is 17.3 Å². The highest BCUT2D eigenvalue weighted by Crippen LogP contribution is 2.35. The van der Waals surface area contributed by atoms with Gasteiger partial charge in [-0.1, -0.05) is 72.0 Å². The molecule has 0 unspecified atom stereocenters. The highest BCUT2D eigenvalue weighted by molar-refractivity contribution is 5.80. The Kier molecular flexibility index (Phi) is 7.82. The molecule has 2 rings (SSSR count). The van der Waals surface area contributed by atoms with Gasteiger partial charge < -0.3 is 14.9 Å². The molecule has 4 N–H and O–H groups in total. The Morgan fingerprint density at radius 2 is 1.93 bits per heavy atom. The molecule has 1 amide bonds. The van der Waals surface area contributed by atoms with Gasteiger partial charge in [-0.3, -0.25) is 15.5 Å². The number of carbonyl (C=O) groups excluding carboxylic acids is 1. The van der Waals surface area contributed by atoms with E-state index in [9.17, 15) is 9.90 Å².